The normalized spacial score (nSPS) is 10.3. The summed E-state index contributed by atoms with van der Waals surface area (Å²) in [5.41, 5.74) is 0.722. The van der Waals surface area contributed by atoms with Crippen molar-refractivity contribution in [1.29, 1.82) is 0 Å². The van der Waals surface area contributed by atoms with Gasteiger partial charge in [-0.3, -0.25) is 9.78 Å². The summed E-state index contributed by atoms with van der Waals surface area (Å²) in [6.45, 7) is -0.590. The van der Waals surface area contributed by atoms with Crippen molar-refractivity contribution in [2.75, 3.05) is 5.32 Å². The van der Waals surface area contributed by atoms with E-state index >= 15 is 0 Å². The van der Waals surface area contributed by atoms with E-state index < -0.39 is 12.6 Å². The highest BCUT2D eigenvalue weighted by molar-refractivity contribution is 6.31. The highest BCUT2D eigenvalue weighted by Gasteiger charge is 2.15. The first kappa shape index (κ1) is 18.3. The number of carbonyl (C=O) groups is 1. The number of rotatable bonds is 6. The summed E-state index contributed by atoms with van der Waals surface area (Å²) in [5, 5.41) is 5.39. The number of alkyl halides is 1. The second kappa shape index (κ2) is 8.22. The number of benzene rings is 2. The second-order valence-electron chi connectivity index (χ2n) is 5.56. The Morgan fingerprint density at radius 1 is 1.11 bits per heavy atom. The largest absolute Gasteiger partial charge is 0.457 e. The predicted molar refractivity (Wildman–Crippen MR) is 101 cm³/mol. The van der Waals surface area contributed by atoms with Crippen LogP contribution >= 0.6 is 0 Å². The maximum atomic E-state index is 12.8. The molecule has 0 aliphatic heterocycles. The Kier molecular flexibility index (Phi) is 5.56. The lowest BCUT2D eigenvalue weighted by Gasteiger charge is -2.10. The van der Waals surface area contributed by atoms with Gasteiger partial charge in [0.05, 0.1) is 0 Å². The molecule has 3 rings (SSSR count). The lowest BCUT2D eigenvalue weighted by Crippen LogP contribution is -2.19. The Labute approximate surface area is 155 Å². The van der Waals surface area contributed by atoms with E-state index in [-0.39, 0.29) is 17.0 Å². The van der Waals surface area contributed by atoms with Crippen LogP contribution in [0.25, 0.3) is 0 Å². The molecule has 2 radical (unpaired) electrons. The SMILES string of the molecule is [B]c1ccc(N=O)c(C(=O)Nc2cccc(Oc3cccc(CF)c3)c2)n1. The second-order valence-corrected chi connectivity index (χ2v) is 5.56. The molecule has 1 N–H and O–H groups in total. The third-order valence-corrected chi connectivity index (χ3v) is 3.59. The number of anilines is 1. The van der Waals surface area contributed by atoms with Gasteiger partial charge in [-0.25, -0.2) is 4.39 Å². The van der Waals surface area contributed by atoms with Crippen LogP contribution < -0.4 is 15.6 Å². The summed E-state index contributed by atoms with van der Waals surface area (Å²) in [5.74, 6) is 0.283. The van der Waals surface area contributed by atoms with Crippen molar-refractivity contribution in [3.63, 3.8) is 0 Å². The lowest BCUT2D eigenvalue weighted by molar-refractivity contribution is 0.102. The number of ether oxygens (including phenoxy) is 1. The van der Waals surface area contributed by atoms with Crippen LogP contribution in [0.5, 0.6) is 11.5 Å². The van der Waals surface area contributed by atoms with Crippen molar-refractivity contribution >= 4 is 30.7 Å². The number of nitroso groups, excluding NO2 is 1. The summed E-state index contributed by atoms with van der Waals surface area (Å²) in [6.07, 6.45) is 0. The zero-order chi connectivity index (χ0) is 19.2. The molecule has 1 aromatic heterocycles. The number of nitrogens with one attached hydrogen (secondary N) is 1. The van der Waals surface area contributed by atoms with Gasteiger partial charge in [-0.1, -0.05) is 18.2 Å². The fraction of sp³-hybridized carbons (Fsp3) is 0.0526. The minimum atomic E-state index is -0.631. The van der Waals surface area contributed by atoms with Gasteiger partial charge in [-0.05, 0) is 52.7 Å². The first-order valence-corrected chi connectivity index (χ1v) is 7.93. The van der Waals surface area contributed by atoms with Crippen molar-refractivity contribution in [2.24, 2.45) is 5.18 Å². The zero-order valence-electron chi connectivity index (χ0n) is 14.1. The molecule has 1 amide bonds. The van der Waals surface area contributed by atoms with Gasteiger partial charge in [0.15, 0.2) is 5.69 Å². The number of nitrogens with zero attached hydrogens (tertiary/aromatic N) is 2. The number of aromatic nitrogens is 1. The Morgan fingerprint density at radius 2 is 1.85 bits per heavy atom. The van der Waals surface area contributed by atoms with E-state index in [9.17, 15) is 14.1 Å². The zero-order valence-corrected chi connectivity index (χ0v) is 14.1. The molecular weight excluding hydrogens is 348 g/mol. The standard InChI is InChI=1S/C19H13BFN3O3/c20-17-8-7-16(24-26)18(23-17)19(25)22-13-4-2-6-15(10-13)27-14-5-1-3-12(9-14)11-21/h1-10H,11H2,(H,22,25). The Bertz CT molecular complexity index is 997. The maximum Gasteiger partial charge on any atom is 0.276 e. The highest BCUT2D eigenvalue weighted by atomic mass is 19.1. The molecule has 27 heavy (non-hydrogen) atoms. The van der Waals surface area contributed by atoms with Crippen LogP contribution in [-0.4, -0.2) is 18.7 Å². The average molecular weight is 361 g/mol. The Hall–Kier alpha value is -3.55. The Balaban J connectivity index is 1.78. The highest BCUT2D eigenvalue weighted by Crippen LogP contribution is 2.26. The van der Waals surface area contributed by atoms with Crippen LogP contribution in [0.1, 0.15) is 16.1 Å². The van der Waals surface area contributed by atoms with Crippen LogP contribution in [0.2, 0.25) is 0 Å². The fourth-order valence-electron chi connectivity index (χ4n) is 2.36. The van der Waals surface area contributed by atoms with Gasteiger partial charge in [0.1, 0.15) is 31.7 Å². The summed E-state index contributed by atoms with van der Waals surface area (Å²) in [7, 11) is 5.57. The van der Waals surface area contributed by atoms with Crippen LogP contribution in [0.3, 0.4) is 0 Å². The molecule has 0 fully saturated rings. The fourth-order valence-corrected chi connectivity index (χ4v) is 2.36. The number of pyridine rings is 1. The molecule has 0 saturated heterocycles. The molecule has 0 bridgehead atoms. The number of hydrogen-bond acceptors (Lipinski definition) is 5. The van der Waals surface area contributed by atoms with Crippen molar-refractivity contribution in [3.05, 3.63) is 76.8 Å². The van der Waals surface area contributed by atoms with Gasteiger partial charge in [0.25, 0.3) is 5.91 Å². The monoisotopic (exact) mass is 361 g/mol. The summed E-state index contributed by atoms with van der Waals surface area (Å²) in [6, 6.07) is 15.9. The Morgan fingerprint density at radius 3 is 2.59 bits per heavy atom. The minimum Gasteiger partial charge on any atom is -0.457 e. The van der Waals surface area contributed by atoms with Crippen molar-refractivity contribution in [2.45, 2.75) is 6.67 Å². The average Bonchev–Trinajstić information content (AvgIpc) is 2.68. The molecule has 6 nitrogen and oxygen atoms in total. The van der Waals surface area contributed by atoms with E-state index in [1.807, 2.05) is 0 Å². The molecule has 132 valence electrons. The molecule has 3 aromatic rings. The van der Waals surface area contributed by atoms with E-state index in [2.05, 4.69) is 15.5 Å². The number of carbonyl (C=O) groups excluding carboxylic acids is 1. The molecular formula is C19H13BFN3O3. The molecule has 0 saturated carbocycles. The van der Waals surface area contributed by atoms with E-state index in [1.54, 1.807) is 48.5 Å². The lowest BCUT2D eigenvalue weighted by atomic mass is 10.0. The van der Waals surface area contributed by atoms with Gasteiger partial charge in [-0.15, -0.1) is 4.91 Å². The number of amides is 1. The third-order valence-electron chi connectivity index (χ3n) is 3.59. The number of halogens is 1. The molecule has 0 aliphatic rings. The summed E-state index contributed by atoms with van der Waals surface area (Å²) in [4.78, 5) is 27.1. The van der Waals surface area contributed by atoms with E-state index in [1.165, 1.54) is 12.1 Å². The predicted octanol–water partition coefficient (Wildman–Crippen LogP) is 3.79. The van der Waals surface area contributed by atoms with Gasteiger partial charge >= 0.3 is 0 Å². The first-order valence-electron chi connectivity index (χ1n) is 7.93. The van der Waals surface area contributed by atoms with Gasteiger partial charge < -0.3 is 10.1 Å². The van der Waals surface area contributed by atoms with Crippen molar-refractivity contribution in [1.82, 2.24) is 4.98 Å². The van der Waals surface area contributed by atoms with E-state index in [4.69, 9.17) is 12.6 Å². The van der Waals surface area contributed by atoms with Crippen LogP contribution in [0.15, 0.2) is 65.8 Å². The topological polar surface area (TPSA) is 80.7 Å². The van der Waals surface area contributed by atoms with Crippen LogP contribution in [0.4, 0.5) is 15.8 Å². The molecule has 0 atom stereocenters. The van der Waals surface area contributed by atoms with Crippen molar-refractivity contribution < 1.29 is 13.9 Å². The van der Waals surface area contributed by atoms with Crippen LogP contribution in [-0.2, 0) is 6.67 Å². The van der Waals surface area contributed by atoms with Crippen LogP contribution in [0, 0.1) is 4.91 Å². The van der Waals surface area contributed by atoms with Gasteiger partial charge in [0.2, 0.25) is 0 Å². The third kappa shape index (κ3) is 4.55. The molecule has 0 spiro atoms. The smallest absolute Gasteiger partial charge is 0.276 e. The quantitative estimate of drug-likeness (QED) is 0.535. The summed E-state index contributed by atoms with van der Waals surface area (Å²) < 4.78 is 18.4. The van der Waals surface area contributed by atoms with Gasteiger partial charge in [-0.2, -0.15) is 0 Å². The molecule has 0 aliphatic carbocycles. The summed E-state index contributed by atoms with van der Waals surface area (Å²) >= 11 is 0. The molecule has 2 aromatic carbocycles. The van der Waals surface area contributed by atoms with E-state index in [0.717, 1.165) is 0 Å². The first-order chi connectivity index (χ1) is 13.1. The number of hydrogen-bond donors (Lipinski definition) is 1. The maximum absolute atomic E-state index is 12.8. The minimum absolute atomic E-state index is 0.0948. The van der Waals surface area contributed by atoms with E-state index in [0.29, 0.717) is 22.7 Å². The molecule has 0 unspecified atom stereocenters. The van der Waals surface area contributed by atoms with Crippen molar-refractivity contribution in [3.8, 4) is 11.5 Å². The van der Waals surface area contributed by atoms with Gasteiger partial charge in [0, 0.05) is 11.8 Å². The molecule has 8 heteroatoms. The molecule has 1 heterocycles.